The highest BCUT2D eigenvalue weighted by Gasteiger charge is 2.29. The Morgan fingerprint density at radius 3 is 2.07 bits per heavy atom. The molecule has 1 aromatic rings. The molecule has 0 aromatic heterocycles. The second kappa shape index (κ2) is 22.9. The Morgan fingerprint density at radius 2 is 1.48 bits per heavy atom. The summed E-state index contributed by atoms with van der Waals surface area (Å²) in [4.78, 5) is 49.9. The molecule has 0 fully saturated rings. The third kappa shape index (κ3) is 21.2. The quantitative estimate of drug-likeness (QED) is 0.0780. The average Bonchev–Trinajstić information content (AvgIpc) is 2.94. The molecule has 0 bridgehead atoms. The van der Waals surface area contributed by atoms with Crippen LogP contribution in [0.2, 0.25) is 0 Å². The van der Waals surface area contributed by atoms with Gasteiger partial charge >= 0.3 is 18.0 Å². The number of benzene rings is 1. The lowest BCUT2D eigenvalue weighted by Gasteiger charge is -2.24. The molecule has 0 aliphatic carbocycles. The van der Waals surface area contributed by atoms with Crippen LogP contribution in [0.5, 0.6) is 0 Å². The van der Waals surface area contributed by atoms with Crippen LogP contribution in [0, 0.1) is 0 Å². The number of allylic oxidation sites excluding steroid dienone is 5. The summed E-state index contributed by atoms with van der Waals surface area (Å²) in [6.45, 7) is 13.5. The predicted octanol–water partition coefficient (Wildman–Crippen LogP) is 7.76. The number of carboxylic acids is 1. The first-order valence-electron chi connectivity index (χ1n) is 15.4. The molecule has 0 aliphatic rings. The number of amides is 2. The minimum atomic E-state index is -1.20. The largest absolute Gasteiger partial charge is 0.480 e. The highest BCUT2D eigenvalue weighted by atomic mass is 32.2. The number of hydrogen-bond acceptors (Lipinski definition) is 7. The highest BCUT2D eigenvalue weighted by Crippen LogP contribution is 2.14. The molecule has 0 unspecified atom stereocenters. The van der Waals surface area contributed by atoms with Gasteiger partial charge in [0.25, 0.3) is 0 Å². The van der Waals surface area contributed by atoms with E-state index in [9.17, 15) is 24.3 Å². The summed E-state index contributed by atoms with van der Waals surface area (Å²) in [6, 6.07) is 6.78. The fourth-order valence-corrected chi connectivity index (χ4v) is 4.96. The number of hydrogen-bond donors (Lipinski definition) is 3. The molecule has 10 heteroatoms. The first-order chi connectivity index (χ1) is 21.2. The van der Waals surface area contributed by atoms with Crippen LogP contribution in [0.25, 0.3) is 0 Å². The Bertz CT molecular complexity index is 1180. The van der Waals surface area contributed by atoms with Crippen LogP contribution in [-0.2, 0) is 30.5 Å². The zero-order valence-corrected chi connectivity index (χ0v) is 28.8. The fraction of sp³-hybridized carbons (Fsp3) is 0.556. The number of carbonyl (C=O) groups is 4. The van der Waals surface area contributed by atoms with E-state index in [1.807, 2.05) is 30.3 Å². The van der Waals surface area contributed by atoms with Crippen molar-refractivity contribution in [2.75, 3.05) is 11.5 Å². The van der Waals surface area contributed by atoms with E-state index in [-0.39, 0.29) is 32.6 Å². The van der Waals surface area contributed by atoms with Gasteiger partial charge in [0.05, 0.1) is 0 Å². The SMILES string of the molecule is C.CC(C)=CCC/C(C)=C/CC/C(C)=C/CSC[C@H](NC(=O)[C@H](CCC(=O)OCc1ccccc1)NC(=O)OC(C)(C)C)C(=O)O. The number of carbonyl (C=O) groups excluding carboxylic acids is 3. The van der Waals surface area contributed by atoms with E-state index in [2.05, 4.69) is 56.6 Å². The number of esters is 1. The first-order valence-corrected chi connectivity index (χ1v) is 16.6. The number of carboxylic acid groups (broad SMARTS) is 1. The van der Waals surface area contributed by atoms with E-state index in [4.69, 9.17) is 9.47 Å². The van der Waals surface area contributed by atoms with Crippen molar-refractivity contribution in [3.05, 3.63) is 70.8 Å². The van der Waals surface area contributed by atoms with Gasteiger partial charge in [0.15, 0.2) is 0 Å². The van der Waals surface area contributed by atoms with E-state index < -0.39 is 41.6 Å². The zero-order valence-electron chi connectivity index (χ0n) is 27.9. The summed E-state index contributed by atoms with van der Waals surface area (Å²) in [5.74, 6) is -1.73. The predicted molar refractivity (Wildman–Crippen MR) is 188 cm³/mol. The molecule has 0 heterocycles. The lowest BCUT2D eigenvalue weighted by atomic mass is 10.1. The topological polar surface area (TPSA) is 131 Å². The normalized spacial score (nSPS) is 13.0. The molecule has 0 saturated heterocycles. The third-order valence-electron chi connectivity index (χ3n) is 6.46. The minimum absolute atomic E-state index is 0. The number of ether oxygens (including phenoxy) is 2. The van der Waals surface area contributed by atoms with Crippen molar-refractivity contribution in [3.8, 4) is 0 Å². The fourth-order valence-electron chi connectivity index (χ4n) is 3.96. The molecule has 0 radical (unpaired) electrons. The highest BCUT2D eigenvalue weighted by molar-refractivity contribution is 7.99. The Hall–Kier alpha value is -3.53. The van der Waals surface area contributed by atoms with Crippen molar-refractivity contribution >= 4 is 35.7 Å². The smallest absolute Gasteiger partial charge is 0.408 e. The molecule has 1 rings (SSSR count). The van der Waals surface area contributed by atoms with Crippen LogP contribution in [0.1, 0.15) is 100.0 Å². The Morgan fingerprint density at radius 1 is 0.870 bits per heavy atom. The molecule has 46 heavy (non-hydrogen) atoms. The van der Waals surface area contributed by atoms with E-state index in [0.29, 0.717) is 5.75 Å². The number of thioether (sulfide) groups is 1. The van der Waals surface area contributed by atoms with Gasteiger partial charge in [-0.2, -0.15) is 11.8 Å². The van der Waals surface area contributed by atoms with Crippen LogP contribution in [0.15, 0.2) is 65.3 Å². The molecule has 0 spiro atoms. The van der Waals surface area contributed by atoms with Gasteiger partial charge in [-0.25, -0.2) is 9.59 Å². The van der Waals surface area contributed by atoms with Gasteiger partial charge in [-0.1, -0.05) is 72.7 Å². The standard InChI is InChI=1S/C35H52N2O7S.CH4/c1-25(2)13-11-14-26(3)15-12-16-27(4)21-22-45-24-30(33(40)41)36-32(39)29(37-34(42)44-35(5,6)7)19-20-31(38)43-23-28-17-9-8-10-18-28;/h8-10,13,15,17-18,21,29-30H,11-12,14,16,19-20,22-24H2,1-7H3,(H,36,39)(H,37,42)(H,40,41);1H4/b26-15+,27-21+;/t29-,30-;/m0./s1. The lowest BCUT2D eigenvalue weighted by molar-refractivity contribution is -0.145. The average molecular weight is 661 g/mol. The molecule has 2 amide bonds. The molecule has 1 aromatic carbocycles. The summed E-state index contributed by atoms with van der Waals surface area (Å²) < 4.78 is 10.6. The van der Waals surface area contributed by atoms with Crippen molar-refractivity contribution in [2.45, 2.75) is 119 Å². The second-order valence-corrected chi connectivity index (χ2v) is 13.4. The van der Waals surface area contributed by atoms with E-state index >= 15 is 0 Å². The van der Waals surface area contributed by atoms with Gasteiger partial charge in [-0.15, -0.1) is 0 Å². The van der Waals surface area contributed by atoms with E-state index in [1.54, 1.807) is 20.8 Å². The molecular weight excluding hydrogens is 604 g/mol. The van der Waals surface area contributed by atoms with Gasteiger partial charge < -0.3 is 25.2 Å². The molecule has 2 atom stereocenters. The lowest BCUT2D eigenvalue weighted by Crippen LogP contribution is -2.53. The van der Waals surface area contributed by atoms with Gasteiger partial charge in [0.2, 0.25) is 5.91 Å². The maximum absolute atomic E-state index is 13.1. The molecule has 9 nitrogen and oxygen atoms in total. The van der Waals surface area contributed by atoms with Crippen molar-refractivity contribution < 1.29 is 33.8 Å². The first kappa shape index (κ1) is 42.5. The summed E-state index contributed by atoms with van der Waals surface area (Å²) in [7, 11) is 0. The molecular formula is C36H56N2O7S. The van der Waals surface area contributed by atoms with Crippen LogP contribution >= 0.6 is 11.8 Å². The zero-order chi connectivity index (χ0) is 33.8. The summed E-state index contributed by atoms with van der Waals surface area (Å²) in [5, 5.41) is 14.7. The van der Waals surface area contributed by atoms with Crippen molar-refractivity contribution in [3.63, 3.8) is 0 Å². The second-order valence-electron chi connectivity index (χ2n) is 12.3. The van der Waals surface area contributed by atoms with Crippen LogP contribution in [-0.4, -0.2) is 58.2 Å². The van der Waals surface area contributed by atoms with Gasteiger partial charge in [-0.3, -0.25) is 9.59 Å². The number of nitrogens with one attached hydrogen (secondary N) is 2. The van der Waals surface area contributed by atoms with Gasteiger partial charge in [0.1, 0.15) is 24.3 Å². The van der Waals surface area contributed by atoms with E-state index in [0.717, 1.165) is 31.2 Å². The molecule has 0 aliphatic heterocycles. The Labute approximate surface area is 280 Å². The van der Waals surface area contributed by atoms with Gasteiger partial charge in [0, 0.05) is 17.9 Å². The summed E-state index contributed by atoms with van der Waals surface area (Å²) in [6.07, 6.45) is 9.46. The summed E-state index contributed by atoms with van der Waals surface area (Å²) >= 11 is 1.39. The number of alkyl carbamates (subject to hydrolysis) is 1. The molecule has 258 valence electrons. The summed E-state index contributed by atoms with van der Waals surface area (Å²) in [5.41, 5.74) is 3.92. The Balaban J connectivity index is 0.0000202. The van der Waals surface area contributed by atoms with Gasteiger partial charge in [-0.05, 0) is 86.1 Å². The Kier molecular flexibility index (Phi) is 21.1. The molecule has 3 N–H and O–H groups in total. The van der Waals surface area contributed by atoms with Crippen molar-refractivity contribution in [1.29, 1.82) is 0 Å². The van der Waals surface area contributed by atoms with Crippen LogP contribution in [0.3, 0.4) is 0 Å². The van der Waals surface area contributed by atoms with Crippen molar-refractivity contribution in [1.82, 2.24) is 10.6 Å². The van der Waals surface area contributed by atoms with Crippen LogP contribution < -0.4 is 10.6 Å². The third-order valence-corrected chi connectivity index (χ3v) is 7.43. The van der Waals surface area contributed by atoms with E-state index in [1.165, 1.54) is 28.5 Å². The van der Waals surface area contributed by atoms with Crippen LogP contribution in [0.4, 0.5) is 4.79 Å². The van der Waals surface area contributed by atoms with Crippen molar-refractivity contribution in [2.24, 2.45) is 0 Å². The monoisotopic (exact) mass is 660 g/mol. The maximum atomic E-state index is 13.1. The maximum Gasteiger partial charge on any atom is 0.408 e. The number of rotatable bonds is 19. The number of aliphatic carboxylic acids is 1. The minimum Gasteiger partial charge on any atom is -0.480 e. The molecule has 0 saturated carbocycles.